The molecule has 0 aliphatic carbocycles. The first kappa shape index (κ1) is 9.09. The molecule has 0 aliphatic heterocycles. The summed E-state index contributed by atoms with van der Waals surface area (Å²) in [4.78, 5) is 4.14. The third-order valence-electron chi connectivity index (χ3n) is 2.64. The Labute approximate surface area is 111 Å². The lowest BCUT2D eigenvalue weighted by molar-refractivity contribution is -0.233. The second-order valence-electron chi connectivity index (χ2n) is 3.86. The van der Waals surface area contributed by atoms with Crippen molar-refractivity contribution in [1.29, 1.82) is 0 Å². The van der Waals surface area contributed by atoms with Gasteiger partial charge in [-0.25, -0.2) is 4.89 Å². The largest absolute Gasteiger partial charge is 0.251 e. The summed E-state index contributed by atoms with van der Waals surface area (Å²) in [6.45, 7) is -2.72. The standard InChI is InChI=1S/C16H16O2/c1-13(12-18-17)16(14-8-4-2-5-9-14)15-10-6-3-7-11-15/h2-11,17H,12H2,1H3/i1D3. The van der Waals surface area contributed by atoms with Crippen LogP contribution < -0.4 is 0 Å². The van der Waals surface area contributed by atoms with E-state index in [-0.39, 0.29) is 12.2 Å². The molecule has 2 aromatic carbocycles. The highest BCUT2D eigenvalue weighted by molar-refractivity contribution is 5.81. The number of hydrogen-bond acceptors (Lipinski definition) is 2. The van der Waals surface area contributed by atoms with E-state index in [9.17, 15) is 0 Å². The summed E-state index contributed by atoms with van der Waals surface area (Å²) in [5.41, 5.74) is 2.17. The van der Waals surface area contributed by atoms with Crippen LogP contribution in [0.4, 0.5) is 0 Å². The number of benzene rings is 2. The van der Waals surface area contributed by atoms with Gasteiger partial charge in [0, 0.05) is 4.11 Å². The fourth-order valence-corrected chi connectivity index (χ4v) is 1.86. The van der Waals surface area contributed by atoms with Gasteiger partial charge in [-0.15, -0.1) is 0 Å². The van der Waals surface area contributed by atoms with Crippen molar-refractivity contribution >= 4 is 5.57 Å². The Morgan fingerprint density at radius 3 is 1.89 bits per heavy atom. The smallest absolute Gasteiger partial charge is 0.104 e. The Hall–Kier alpha value is -1.90. The molecule has 2 nitrogen and oxygen atoms in total. The molecule has 0 radical (unpaired) electrons. The van der Waals surface area contributed by atoms with Gasteiger partial charge in [-0.1, -0.05) is 60.7 Å². The third kappa shape index (κ3) is 2.86. The van der Waals surface area contributed by atoms with Crippen molar-refractivity contribution in [3.63, 3.8) is 0 Å². The fourth-order valence-electron chi connectivity index (χ4n) is 1.86. The van der Waals surface area contributed by atoms with Crippen LogP contribution in [-0.4, -0.2) is 11.9 Å². The predicted molar refractivity (Wildman–Crippen MR) is 73.2 cm³/mol. The van der Waals surface area contributed by atoms with Crippen molar-refractivity contribution in [3.8, 4) is 0 Å². The van der Waals surface area contributed by atoms with Crippen molar-refractivity contribution in [3.05, 3.63) is 77.4 Å². The van der Waals surface area contributed by atoms with Crippen molar-refractivity contribution in [2.24, 2.45) is 0 Å². The molecule has 92 valence electrons. The van der Waals surface area contributed by atoms with E-state index >= 15 is 0 Å². The van der Waals surface area contributed by atoms with Crippen molar-refractivity contribution < 1.29 is 14.3 Å². The first-order valence-electron chi connectivity index (χ1n) is 7.15. The minimum absolute atomic E-state index is 0.0717. The van der Waals surface area contributed by atoms with E-state index in [1.54, 1.807) is 0 Å². The summed E-state index contributed by atoms with van der Waals surface area (Å²) in [5.74, 6) is 0. The summed E-state index contributed by atoms with van der Waals surface area (Å²) in [7, 11) is 0. The van der Waals surface area contributed by atoms with E-state index in [1.165, 1.54) is 0 Å². The molecule has 0 unspecified atom stereocenters. The highest BCUT2D eigenvalue weighted by Gasteiger charge is 2.08. The summed E-state index contributed by atoms with van der Waals surface area (Å²) in [6, 6.07) is 18.5. The Balaban J connectivity index is 2.71. The average molecular weight is 243 g/mol. The van der Waals surface area contributed by atoms with E-state index in [1.807, 2.05) is 60.7 Å². The fraction of sp³-hybridized carbons (Fsp3) is 0.125. The van der Waals surface area contributed by atoms with Crippen LogP contribution in [-0.2, 0) is 4.89 Å². The molecule has 0 spiro atoms. The molecule has 0 atom stereocenters. The summed E-state index contributed by atoms with van der Waals surface area (Å²) in [5, 5.41) is 8.76. The number of hydrogen-bond donors (Lipinski definition) is 1. The van der Waals surface area contributed by atoms with Gasteiger partial charge in [0.25, 0.3) is 0 Å². The van der Waals surface area contributed by atoms with Gasteiger partial charge in [-0.05, 0) is 29.1 Å². The van der Waals surface area contributed by atoms with Crippen LogP contribution in [0, 0.1) is 0 Å². The Bertz CT molecular complexity index is 563. The molecule has 2 aromatic rings. The van der Waals surface area contributed by atoms with Gasteiger partial charge in [0.2, 0.25) is 0 Å². The highest BCUT2D eigenvalue weighted by atomic mass is 17.1. The van der Waals surface area contributed by atoms with Gasteiger partial charge in [0.1, 0.15) is 6.61 Å². The van der Waals surface area contributed by atoms with Crippen LogP contribution >= 0.6 is 0 Å². The lowest BCUT2D eigenvalue weighted by atomic mass is 9.94. The van der Waals surface area contributed by atoms with Gasteiger partial charge >= 0.3 is 0 Å². The van der Waals surface area contributed by atoms with E-state index < -0.39 is 6.85 Å². The van der Waals surface area contributed by atoms with Crippen LogP contribution in [0.15, 0.2) is 66.2 Å². The predicted octanol–water partition coefficient (Wildman–Crippen LogP) is 4.00. The van der Waals surface area contributed by atoms with Gasteiger partial charge < -0.3 is 0 Å². The maximum atomic E-state index is 8.76. The van der Waals surface area contributed by atoms with Crippen LogP contribution in [0.3, 0.4) is 0 Å². The molecule has 1 N–H and O–H groups in total. The maximum Gasteiger partial charge on any atom is 0.104 e. The summed E-state index contributed by atoms with van der Waals surface area (Å²) < 4.78 is 23.1. The Morgan fingerprint density at radius 2 is 1.50 bits per heavy atom. The maximum absolute atomic E-state index is 8.76. The van der Waals surface area contributed by atoms with E-state index in [4.69, 9.17) is 9.37 Å². The second-order valence-corrected chi connectivity index (χ2v) is 3.86. The minimum atomic E-state index is -2.36. The lowest BCUT2D eigenvalue weighted by Crippen LogP contribution is -1.98. The van der Waals surface area contributed by atoms with Gasteiger partial charge in [0.05, 0.1) is 0 Å². The van der Waals surface area contributed by atoms with E-state index in [0.29, 0.717) is 5.57 Å². The van der Waals surface area contributed by atoms with Crippen molar-refractivity contribution in [2.45, 2.75) is 6.85 Å². The Kier molecular flexibility index (Phi) is 3.10. The zero-order valence-corrected chi connectivity index (χ0v) is 9.84. The minimum Gasteiger partial charge on any atom is -0.251 e. The molecule has 0 bridgehead atoms. The summed E-state index contributed by atoms with van der Waals surface area (Å²) >= 11 is 0. The van der Waals surface area contributed by atoms with Crippen LogP contribution in [0.25, 0.3) is 5.57 Å². The monoisotopic (exact) mass is 243 g/mol. The molecule has 0 heterocycles. The number of rotatable bonds is 4. The van der Waals surface area contributed by atoms with Crippen LogP contribution in [0.1, 0.15) is 22.1 Å². The zero-order chi connectivity index (χ0) is 15.3. The highest BCUT2D eigenvalue weighted by Crippen LogP contribution is 2.26. The first-order valence-corrected chi connectivity index (χ1v) is 5.65. The van der Waals surface area contributed by atoms with Crippen LogP contribution in [0.2, 0.25) is 0 Å². The molecule has 2 heteroatoms. The van der Waals surface area contributed by atoms with E-state index in [2.05, 4.69) is 4.89 Å². The third-order valence-corrected chi connectivity index (χ3v) is 2.64. The lowest BCUT2D eigenvalue weighted by Gasteiger charge is -2.12. The molecule has 18 heavy (non-hydrogen) atoms. The topological polar surface area (TPSA) is 29.5 Å². The molecule has 0 fully saturated rings. The Morgan fingerprint density at radius 1 is 1.00 bits per heavy atom. The molecular formula is C16H16O2. The molecule has 0 aromatic heterocycles. The van der Waals surface area contributed by atoms with Gasteiger partial charge in [0.15, 0.2) is 0 Å². The van der Waals surface area contributed by atoms with Crippen molar-refractivity contribution in [1.82, 2.24) is 0 Å². The molecule has 2 rings (SSSR count). The molecule has 0 amide bonds. The first-order chi connectivity index (χ1) is 10.0. The molecule has 0 saturated heterocycles. The quantitative estimate of drug-likeness (QED) is 0.649. The second kappa shape index (κ2) is 6.15. The molecule has 0 saturated carbocycles. The SMILES string of the molecule is [2H]C([2H])([2H])C(COO)=C(c1ccccc1)c1ccccc1. The average Bonchev–Trinajstić information content (AvgIpc) is 2.48. The van der Waals surface area contributed by atoms with Crippen molar-refractivity contribution in [2.75, 3.05) is 6.61 Å². The molecule has 0 aliphatic rings. The van der Waals surface area contributed by atoms with Gasteiger partial charge in [-0.3, -0.25) is 5.26 Å². The van der Waals surface area contributed by atoms with Gasteiger partial charge in [-0.2, -0.15) is 0 Å². The van der Waals surface area contributed by atoms with Crippen LogP contribution in [0.5, 0.6) is 0 Å². The van der Waals surface area contributed by atoms with E-state index in [0.717, 1.165) is 11.1 Å². The summed E-state index contributed by atoms with van der Waals surface area (Å²) in [6.07, 6.45) is 0. The zero-order valence-electron chi connectivity index (χ0n) is 12.8. The normalized spacial score (nSPS) is 13.3. The molecular weight excluding hydrogens is 224 g/mol.